The maximum atomic E-state index is 13.2. The highest BCUT2D eigenvalue weighted by molar-refractivity contribution is 5.45. The fourth-order valence-corrected chi connectivity index (χ4v) is 2.27. The highest BCUT2D eigenvalue weighted by Gasteiger charge is 2.46. The van der Waals surface area contributed by atoms with Crippen molar-refractivity contribution in [1.82, 2.24) is 0 Å². The zero-order chi connectivity index (χ0) is 17.0. The van der Waals surface area contributed by atoms with E-state index in [1.807, 2.05) is 0 Å². The first-order valence-corrected chi connectivity index (χ1v) is 6.63. The number of rotatable bonds is 6. The third-order valence-electron chi connectivity index (χ3n) is 3.18. The normalized spacial score (nSPS) is 12.3. The van der Waals surface area contributed by atoms with Crippen LogP contribution < -0.4 is 0 Å². The van der Waals surface area contributed by atoms with Gasteiger partial charge in [0.1, 0.15) is 0 Å². The lowest BCUT2D eigenvalue weighted by molar-refractivity contribution is -0.163. The molecule has 0 saturated carbocycles. The van der Waals surface area contributed by atoms with Crippen LogP contribution in [0.2, 0.25) is 0 Å². The van der Waals surface area contributed by atoms with Crippen molar-refractivity contribution < 1.29 is 26.3 Å². The number of hydrogen-bond donors (Lipinski definition) is 0. The van der Waals surface area contributed by atoms with Gasteiger partial charge in [-0.15, -0.1) is 13.2 Å². The van der Waals surface area contributed by atoms with E-state index in [4.69, 9.17) is 0 Å². The van der Waals surface area contributed by atoms with Gasteiger partial charge in [0, 0.05) is 0 Å². The molecule has 22 heavy (non-hydrogen) atoms. The summed E-state index contributed by atoms with van der Waals surface area (Å²) in [5, 5.41) is 0. The van der Waals surface area contributed by atoms with Crippen molar-refractivity contribution in [2.24, 2.45) is 0 Å². The first-order chi connectivity index (χ1) is 10.1. The highest BCUT2D eigenvalue weighted by atomic mass is 19.4. The van der Waals surface area contributed by atoms with Gasteiger partial charge < -0.3 is 0 Å². The van der Waals surface area contributed by atoms with Crippen LogP contribution in [0.25, 0.3) is 0 Å². The van der Waals surface area contributed by atoms with Crippen LogP contribution >= 0.6 is 0 Å². The molecule has 0 heterocycles. The smallest absolute Gasteiger partial charge is 0.166 e. The molecule has 0 fully saturated rings. The summed E-state index contributed by atoms with van der Waals surface area (Å²) in [6, 6.07) is 2.25. The van der Waals surface area contributed by atoms with Crippen LogP contribution in [0.3, 0.4) is 0 Å². The Balaban J connectivity index is 3.59. The zero-order valence-corrected chi connectivity index (χ0v) is 11.8. The van der Waals surface area contributed by atoms with E-state index in [0.717, 1.165) is 12.1 Å². The van der Waals surface area contributed by atoms with Gasteiger partial charge in [-0.05, 0) is 36.8 Å². The predicted octanol–water partition coefficient (Wildman–Crippen LogP) is 5.96. The average Bonchev–Trinajstić information content (AvgIpc) is 2.40. The molecule has 0 nitrogen and oxygen atoms in total. The van der Waals surface area contributed by atoms with E-state index in [1.165, 1.54) is 12.2 Å². The minimum Gasteiger partial charge on any atom is -0.166 e. The molecule has 0 amide bonds. The van der Waals surface area contributed by atoms with Crippen molar-refractivity contribution in [1.29, 1.82) is 0 Å². The Morgan fingerprint density at radius 1 is 0.727 bits per heavy atom. The molecule has 0 aliphatic carbocycles. The molecule has 0 unspecified atom stereocenters. The summed E-state index contributed by atoms with van der Waals surface area (Å²) >= 11 is 0. The summed E-state index contributed by atoms with van der Waals surface area (Å²) < 4.78 is 79.3. The number of alkyl halides is 6. The maximum absolute atomic E-state index is 13.2. The number of aryl methyl sites for hydroxylation is 2. The molecular weight excluding hydrogens is 306 g/mol. The second kappa shape index (κ2) is 7.03. The lowest BCUT2D eigenvalue weighted by Crippen LogP contribution is -2.21. The molecule has 122 valence electrons. The molecule has 0 N–H and O–H groups in total. The summed E-state index contributed by atoms with van der Waals surface area (Å²) in [5.41, 5.74) is -3.88. The molecule has 1 rings (SSSR count). The fourth-order valence-electron chi connectivity index (χ4n) is 2.27. The van der Waals surface area contributed by atoms with E-state index in [-0.39, 0.29) is 36.8 Å². The molecule has 6 heteroatoms. The Morgan fingerprint density at radius 2 is 1.05 bits per heavy atom. The van der Waals surface area contributed by atoms with Gasteiger partial charge in [-0.3, -0.25) is 0 Å². The number of hydrogen-bond acceptors (Lipinski definition) is 0. The number of halogens is 6. The quantitative estimate of drug-likeness (QED) is 0.448. The molecule has 0 radical (unpaired) electrons. The van der Waals surface area contributed by atoms with E-state index in [2.05, 4.69) is 13.2 Å². The van der Waals surface area contributed by atoms with Gasteiger partial charge in [0.15, 0.2) is 0 Å². The van der Waals surface area contributed by atoms with Crippen LogP contribution in [0.4, 0.5) is 26.3 Å². The molecule has 0 saturated heterocycles. The molecule has 0 aliphatic heterocycles. The van der Waals surface area contributed by atoms with Gasteiger partial charge in [-0.25, -0.2) is 0 Å². The van der Waals surface area contributed by atoms with Crippen molar-refractivity contribution in [3.8, 4) is 0 Å². The van der Waals surface area contributed by atoms with Crippen LogP contribution in [-0.2, 0) is 25.2 Å². The molecule has 1 aromatic rings. The Bertz CT molecular complexity index is 488. The van der Waals surface area contributed by atoms with E-state index in [1.54, 1.807) is 0 Å². The predicted molar refractivity (Wildman–Crippen MR) is 73.5 cm³/mol. The lowest BCUT2D eigenvalue weighted by Gasteiger charge is -2.22. The number of allylic oxidation sites excluding steroid dienone is 2. The zero-order valence-electron chi connectivity index (χ0n) is 11.8. The van der Waals surface area contributed by atoms with Crippen molar-refractivity contribution >= 4 is 0 Å². The lowest BCUT2D eigenvalue weighted by atomic mass is 9.90. The van der Waals surface area contributed by atoms with Crippen LogP contribution in [-0.4, -0.2) is 0 Å². The molecule has 0 bridgehead atoms. The van der Waals surface area contributed by atoms with Gasteiger partial charge in [0.2, 0.25) is 0 Å². The molecule has 0 aliphatic rings. The summed E-state index contributed by atoms with van der Waals surface area (Å²) in [6.07, 6.45) is -7.31. The van der Waals surface area contributed by atoms with Gasteiger partial charge in [-0.1, -0.05) is 24.3 Å². The maximum Gasteiger partial charge on any atom is 0.417 e. The third-order valence-corrected chi connectivity index (χ3v) is 3.18. The molecule has 0 aromatic heterocycles. The van der Waals surface area contributed by atoms with Crippen LogP contribution in [0.5, 0.6) is 0 Å². The second-order valence-electron chi connectivity index (χ2n) is 4.78. The summed E-state index contributed by atoms with van der Waals surface area (Å²) in [7, 11) is 0. The SMILES string of the molecule is C=CCCc1ccc(CCC=C)c(C(F)(F)F)c1C(F)(F)F. The van der Waals surface area contributed by atoms with E-state index < -0.39 is 23.5 Å². The van der Waals surface area contributed by atoms with Crippen LogP contribution in [0, 0.1) is 0 Å². The monoisotopic (exact) mass is 322 g/mol. The Morgan fingerprint density at radius 3 is 1.27 bits per heavy atom. The third kappa shape index (κ3) is 4.39. The summed E-state index contributed by atoms with van der Waals surface area (Å²) in [6.45, 7) is 6.76. The number of benzene rings is 1. The molecule has 1 aromatic carbocycles. The Kier molecular flexibility index (Phi) is 5.85. The van der Waals surface area contributed by atoms with Crippen LogP contribution in [0.1, 0.15) is 35.1 Å². The largest absolute Gasteiger partial charge is 0.417 e. The van der Waals surface area contributed by atoms with Crippen molar-refractivity contribution in [2.45, 2.75) is 38.0 Å². The fraction of sp³-hybridized carbons (Fsp3) is 0.375. The van der Waals surface area contributed by atoms with Gasteiger partial charge in [0.25, 0.3) is 0 Å². The Hall–Kier alpha value is -1.72. The summed E-state index contributed by atoms with van der Waals surface area (Å²) in [5.74, 6) is 0. The highest BCUT2D eigenvalue weighted by Crippen LogP contribution is 2.44. The molecule has 0 atom stereocenters. The minimum absolute atomic E-state index is 0.136. The molecular formula is C16H16F6. The van der Waals surface area contributed by atoms with Crippen LogP contribution in [0.15, 0.2) is 37.4 Å². The van der Waals surface area contributed by atoms with Gasteiger partial charge >= 0.3 is 12.4 Å². The first-order valence-electron chi connectivity index (χ1n) is 6.63. The summed E-state index contributed by atoms with van der Waals surface area (Å²) in [4.78, 5) is 0. The van der Waals surface area contributed by atoms with E-state index >= 15 is 0 Å². The Labute approximate surface area is 125 Å². The second-order valence-corrected chi connectivity index (χ2v) is 4.78. The minimum atomic E-state index is -5.06. The standard InChI is InChI=1S/C16H16F6/c1-3-5-7-11-9-10-12(8-6-4-2)14(16(20,21)22)13(11)15(17,18)19/h3-4,9-10H,1-2,5-8H2. The first kappa shape index (κ1) is 18.3. The van der Waals surface area contributed by atoms with Crippen molar-refractivity contribution in [3.63, 3.8) is 0 Å². The topological polar surface area (TPSA) is 0 Å². The van der Waals surface area contributed by atoms with Crippen molar-refractivity contribution in [3.05, 3.63) is 59.7 Å². The van der Waals surface area contributed by atoms with Crippen molar-refractivity contribution in [2.75, 3.05) is 0 Å². The molecule has 0 spiro atoms. The van der Waals surface area contributed by atoms with Gasteiger partial charge in [0.05, 0.1) is 11.1 Å². The van der Waals surface area contributed by atoms with E-state index in [0.29, 0.717) is 0 Å². The average molecular weight is 322 g/mol. The van der Waals surface area contributed by atoms with E-state index in [9.17, 15) is 26.3 Å². The van der Waals surface area contributed by atoms with Gasteiger partial charge in [-0.2, -0.15) is 26.3 Å².